The van der Waals surface area contributed by atoms with Crippen LogP contribution in [0.3, 0.4) is 0 Å². The fraction of sp³-hybridized carbons (Fsp3) is 0. The number of para-hydroxylation sites is 1. The summed E-state index contributed by atoms with van der Waals surface area (Å²) < 4.78 is 0.706. The Kier molecular flexibility index (Phi) is 6.89. The van der Waals surface area contributed by atoms with Gasteiger partial charge in [-0.2, -0.15) is 0 Å². The zero-order chi connectivity index (χ0) is 20.4. The molecule has 0 radical (unpaired) electrons. The lowest BCUT2D eigenvalue weighted by molar-refractivity contribution is 0.0897. The molecule has 0 fully saturated rings. The fourth-order valence-electron chi connectivity index (χ4n) is 2.51. The van der Waals surface area contributed by atoms with Crippen molar-refractivity contribution in [2.45, 2.75) is 0 Å². The molecule has 142 valence electrons. The molecular weight excluding hydrogens is 555 g/mol. The zero-order valence-electron chi connectivity index (χ0n) is 13.9. The maximum atomic E-state index is 13.3. The minimum absolute atomic E-state index is 0.142. The molecule has 0 saturated carbocycles. The van der Waals surface area contributed by atoms with Crippen LogP contribution in [0.25, 0.3) is 0 Å². The summed E-state index contributed by atoms with van der Waals surface area (Å²) in [6.07, 6.45) is 0. The van der Waals surface area contributed by atoms with Crippen LogP contribution in [0.5, 0.6) is 0 Å². The molecule has 0 aliphatic carbocycles. The average molecular weight is 565 g/mol. The van der Waals surface area contributed by atoms with E-state index in [0.29, 0.717) is 19.3 Å². The monoisotopic (exact) mass is 563 g/mol. The van der Waals surface area contributed by atoms with Crippen molar-refractivity contribution in [1.29, 1.82) is 0 Å². The van der Waals surface area contributed by atoms with Crippen LogP contribution in [0.15, 0.2) is 60.7 Å². The minimum Gasteiger partial charge on any atom is -0.268 e. The van der Waals surface area contributed by atoms with E-state index in [0.717, 1.165) is 4.90 Å². The third-order valence-electron chi connectivity index (χ3n) is 3.82. The molecule has 0 saturated heterocycles. The van der Waals surface area contributed by atoms with Crippen molar-refractivity contribution in [3.05, 3.63) is 95.5 Å². The average Bonchev–Trinajstić information content (AvgIpc) is 2.63. The first-order valence-corrected chi connectivity index (χ1v) is 10.4. The van der Waals surface area contributed by atoms with E-state index in [1.54, 1.807) is 18.2 Å². The van der Waals surface area contributed by atoms with Gasteiger partial charge in [0.1, 0.15) is 0 Å². The number of hydrogen-bond acceptors (Lipinski definition) is 2. The molecule has 28 heavy (non-hydrogen) atoms. The van der Waals surface area contributed by atoms with Gasteiger partial charge in [-0.25, -0.2) is 4.90 Å². The predicted octanol–water partition coefficient (Wildman–Crippen LogP) is 7.39. The number of halogens is 5. The van der Waals surface area contributed by atoms with E-state index >= 15 is 0 Å². The van der Waals surface area contributed by atoms with Crippen LogP contribution in [0.2, 0.25) is 20.1 Å². The second kappa shape index (κ2) is 9.01. The van der Waals surface area contributed by atoms with Crippen molar-refractivity contribution >= 4 is 86.5 Å². The third kappa shape index (κ3) is 4.47. The van der Waals surface area contributed by atoms with Crippen molar-refractivity contribution in [3.63, 3.8) is 0 Å². The first kappa shape index (κ1) is 21.4. The number of nitrogens with zero attached hydrogens (tertiary/aromatic N) is 1. The van der Waals surface area contributed by atoms with Gasteiger partial charge in [-0.1, -0.05) is 58.5 Å². The molecule has 0 N–H and O–H groups in total. The highest BCUT2D eigenvalue weighted by Gasteiger charge is 2.30. The van der Waals surface area contributed by atoms with Crippen molar-refractivity contribution in [2.75, 3.05) is 4.90 Å². The highest BCUT2D eigenvalue weighted by Crippen LogP contribution is 2.31. The van der Waals surface area contributed by atoms with Crippen molar-refractivity contribution in [1.82, 2.24) is 0 Å². The van der Waals surface area contributed by atoms with Crippen LogP contribution >= 0.6 is 69.0 Å². The molecule has 3 nitrogen and oxygen atoms in total. The van der Waals surface area contributed by atoms with Gasteiger partial charge in [-0.05, 0) is 71.1 Å². The lowest BCUT2D eigenvalue weighted by Gasteiger charge is -2.23. The topological polar surface area (TPSA) is 37.4 Å². The van der Waals surface area contributed by atoms with Gasteiger partial charge in [0.2, 0.25) is 0 Å². The van der Waals surface area contributed by atoms with Crippen LogP contribution in [0, 0.1) is 3.57 Å². The summed E-state index contributed by atoms with van der Waals surface area (Å²) in [5.74, 6) is -1.19. The third-order valence-corrected chi connectivity index (χ3v) is 5.83. The zero-order valence-corrected chi connectivity index (χ0v) is 19.1. The molecule has 8 heteroatoms. The first-order valence-electron chi connectivity index (χ1n) is 7.83. The number of benzene rings is 3. The number of amides is 2. The molecule has 0 heterocycles. The van der Waals surface area contributed by atoms with E-state index in [1.807, 2.05) is 6.07 Å². The number of hydrogen-bond donors (Lipinski definition) is 0. The summed E-state index contributed by atoms with van der Waals surface area (Å²) in [5, 5.41) is 1.05. The number of carbonyl (C=O) groups is 2. The van der Waals surface area contributed by atoms with Gasteiger partial charge < -0.3 is 0 Å². The molecule has 0 aromatic heterocycles. The predicted molar refractivity (Wildman–Crippen MR) is 123 cm³/mol. The summed E-state index contributed by atoms with van der Waals surface area (Å²) >= 11 is 26.3. The molecule has 0 bridgehead atoms. The van der Waals surface area contributed by atoms with Crippen molar-refractivity contribution in [3.8, 4) is 0 Å². The molecule has 3 aromatic carbocycles. The lowest BCUT2D eigenvalue weighted by atomic mass is 10.1. The summed E-state index contributed by atoms with van der Waals surface area (Å²) in [6, 6.07) is 15.9. The molecule has 0 unspecified atom stereocenters. The Labute approximate surface area is 195 Å². The van der Waals surface area contributed by atoms with Crippen LogP contribution in [-0.4, -0.2) is 11.8 Å². The number of carbonyl (C=O) groups excluding carboxylic acids is 2. The molecule has 3 aromatic rings. The fourth-order valence-corrected chi connectivity index (χ4v) is 4.12. The van der Waals surface area contributed by atoms with Gasteiger partial charge in [0.15, 0.2) is 0 Å². The summed E-state index contributed by atoms with van der Waals surface area (Å²) in [7, 11) is 0. The second-order valence-corrected chi connectivity index (χ2v) is 8.49. The Morgan fingerprint density at radius 3 is 1.61 bits per heavy atom. The Balaban J connectivity index is 2.16. The van der Waals surface area contributed by atoms with Gasteiger partial charge in [-0.15, -0.1) is 0 Å². The van der Waals surface area contributed by atoms with E-state index in [2.05, 4.69) is 22.6 Å². The van der Waals surface area contributed by atoms with Gasteiger partial charge in [0, 0.05) is 13.6 Å². The number of imide groups is 1. The minimum atomic E-state index is -0.596. The Morgan fingerprint density at radius 1 is 0.714 bits per heavy atom. The van der Waals surface area contributed by atoms with E-state index in [9.17, 15) is 9.59 Å². The molecule has 0 aliphatic heterocycles. The van der Waals surface area contributed by atoms with Crippen LogP contribution < -0.4 is 4.90 Å². The van der Waals surface area contributed by atoms with E-state index in [4.69, 9.17) is 46.4 Å². The van der Waals surface area contributed by atoms with E-state index in [-0.39, 0.29) is 21.2 Å². The molecule has 2 amide bonds. The number of anilines is 1. The van der Waals surface area contributed by atoms with Crippen molar-refractivity contribution < 1.29 is 9.59 Å². The Morgan fingerprint density at radius 2 is 1.18 bits per heavy atom. The quantitative estimate of drug-likeness (QED) is 0.246. The van der Waals surface area contributed by atoms with E-state index < -0.39 is 11.8 Å². The smallest absolute Gasteiger partial charge is 0.266 e. The SMILES string of the molecule is O=C(c1ccc(Cl)cc1Cl)N(C(=O)c1ccc(Cl)cc1Cl)c1ccccc1I. The maximum absolute atomic E-state index is 13.3. The standard InChI is InChI=1S/C20H10Cl4INO2/c21-11-5-7-13(15(23)9-11)19(27)26(18-4-2-1-3-17(18)25)20(28)14-8-6-12(22)10-16(14)24/h1-10H. The summed E-state index contributed by atoms with van der Waals surface area (Å²) in [4.78, 5) is 27.7. The van der Waals surface area contributed by atoms with Crippen LogP contribution in [0.4, 0.5) is 5.69 Å². The largest absolute Gasteiger partial charge is 0.268 e. The van der Waals surface area contributed by atoms with Gasteiger partial charge in [0.05, 0.1) is 26.9 Å². The summed E-state index contributed by atoms with van der Waals surface area (Å²) in [6.45, 7) is 0. The van der Waals surface area contributed by atoms with Gasteiger partial charge in [-0.3, -0.25) is 9.59 Å². The van der Waals surface area contributed by atoms with Crippen LogP contribution in [-0.2, 0) is 0 Å². The maximum Gasteiger partial charge on any atom is 0.266 e. The Hall–Kier alpha value is -1.31. The molecule has 0 aliphatic rings. The molecular formula is C20H10Cl4INO2. The highest BCUT2D eigenvalue weighted by atomic mass is 127. The molecule has 0 atom stereocenters. The number of rotatable bonds is 3. The molecule has 3 rings (SSSR count). The van der Waals surface area contributed by atoms with Crippen LogP contribution in [0.1, 0.15) is 20.7 Å². The Bertz CT molecular complexity index is 1020. The van der Waals surface area contributed by atoms with Gasteiger partial charge in [0.25, 0.3) is 11.8 Å². The van der Waals surface area contributed by atoms with Crippen molar-refractivity contribution in [2.24, 2.45) is 0 Å². The summed E-state index contributed by atoms with van der Waals surface area (Å²) in [5.41, 5.74) is 0.698. The second-order valence-electron chi connectivity index (χ2n) is 5.65. The molecule has 0 spiro atoms. The first-order chi connectivity index (χ1) is 13.3. The highest BCUT2D eigenvalue weighted by molar-refractivity contribution is 14.1. The normalized spacial score (nSPS) is 10.6. The van der Waals surface area contributed by atoms with E-state index in [1.165, 1.54) is 36.4 Å². The van der Waals surface area contributed by atoms with Gasteiger partial charge >= 0.3 is 0 Å². The lowest BCUT2D eigenvalue weighted by Crippen LogP contribution is -2.38.